The molecule has 0 fully saturated rings. The van der Waals surface area contributed by atoms with Crippen molar-refractivity contribution in [2.75, 3.05) is 0 Å². The van der Waals surface area contributed by atoms with E-state index in [0.717, 1.165) is 30.5 Å². The molecule has 0 saturated heterocycles. The molecule has 1 aliphatic carbocycles. The first-order valence-electron chi connectivity index (χ1n) is 8.51. The highest BCUT2D eigenvalue weighted by Crippen LogP contribution is 2.29. The Hall–Kier alpha value is -2.54. The summed E-state index contributed by atoms with van der Waals surface area (Å²) >= 11 is 5.34. The van der Waals surface area contributed by atoms with Crippen molar-refractivity contribution in [1.29, 1.82) is 0 Å². The van der Waals surface area contributed by atoms with Crippen LogP contribution in [0.3, 0.4) is 0 Å². The molecule has 0 unspecified atom stereocenters. The van der Waals surface area contributed by atoms with Crippen molar-refractivity contribution in [3.63, 3.8) is 0 Å². The van der Waals surface area contributed by atoms with E-state index in [-0.39, 0.29) is 0 Å². The highest BCUT2D eigenvalue weighted by molar-refractivity contribution is 7.71. The summed E-state index contributed by atoms with van der Waals surface area (Å²) in [5.74, 6) is 1.17. The molecule has 4 rings (SSSR count). The normalized spacial score (nSPS) is 13.9. The topological polar surface area (TPSA) is 74.7 Å². The predicted octanol–water partition coefficient (Wildman–Crippen LogP) is 3.83. The molecule has 2 aromatic heterocycles. The summed E-state index contributed by atoms with van der Waals surface area (Å²) in [6.07, 6.45) is 5.00. The number of aromatic nitrogens is 5. The fourth-order valence-electron chi connectivity index (χ4n) is 3.15. The van der Waals surface area contributed by atoms with Crippen molar-refractivity contribution in [2.24, 2.45) is 5.10 Å². The predicted molar refractivity (Wildman–Crippen MR) is 101 cm³/mol. The van der Waals surface area contributed by atoms with Crippen molar-refractivity contribution in [3.8, 4) is 11.5 Å². The fraction of sp³-hybridized carbons (Fsp3) is 0.333. The Morgan fingerprint density at radius 2 is 1.96 bits per heavy atom. The van der Waals surface area contributed by atoms with Gasteiger partial charge in [-0.2, -0.15) is 20.0 Å². The minimum Gasteiger partial charge on any atom is -0.282 e. The maximum absolute atomic E-state index is 5.34. The minimum atomic E-state index is 0.458. The van der Waals surface area contributed by atoms with E-state index in [2.05, 4.69) is 63.6 Å². The summed E-state index contributed by atoms with van der Waals surface area (Å²) in [4.78, 5) is 0. The molecule has 6 nitrogen and oxygen atoms in total. The number of benzene rings is 1. The van der Waals surface area contributed by atoms with E-state index >= 15 is 0 Å². The molecule has 0 bridgehead atoms. The van der Waals surface area contributed by atoms with Gasteiger partial charge in [0.25, 0.3) is 0 Å². The van der Waals surface area contributed by atoms with Gasteiger partial charge in [-0.25, -0.2) is 5.10 Å². The van der Waals surface area contributed by atoms with Gasteiger partial charge in [-0.1, -0.05) is 38.1 Å². The van der Waals surface area contributed by atoms with E-state index < -0.39 is 0 Å². The van der Waals surface area contributed by atoms with Crippen LogP contribution in [0.15, 0.2) is 29.4 Å². The average Bonchev–Trinajstić information content (AvgIpc) is 3.29. The first-order chi connectivity index (χ1) is 12.1. The average molecular weight is 352 g/mol. The van der Waals surface area contributed by atoms with E-state index in [1.165, 1.54) is 16.8 Å². The van der Waals surface area contributed by atoms with E-state index in [0.29, 0.717) is 16.5 Å². The lowest BCUT2D eigenvalue weighted by Gasteiger charge is -2.04. The van der Waals surface area contributed by atoms with E-state index in [4.69, 9.17) is 12.2 Å². The van der Waals surface area contributed by atoms with Crippen LogP contribution in [0.25, 0.3) is 11.5 Å². The molecule has 0 amide bonds. The van der Waals surface area contributed by atoms with Crippen molar-refractivity contribution in [3.05, 3.63) is 51.4 Å². The summed E-state index contributed by atoms with van der Waals surface area (Å²) in [6, 6.07) is 8.38. The van der Waals surface area contributed by atoms with Gasteiger partial charge in [0.05, 0.1) is 6.21 Å². The van der Waals surface area contributed by atoms with Gasteiger partial charge in [-0.3, -0.25) is 5.10 Å². The molecule has 0 spiro atoms. The monoisotopic (exact) mass is 352 g/mol. The van der Waals surface area contributed by atoms with Crippen LogP contribution in [0.5, 0.6) is 0 Å². The van der Waals surface area contributed by atoms with Crippen LogP contribution in [-0.4, -0.2) is 31.3 Å². The molecule has 7 heteroatoms. The second kappa shape index (κ2) is 6.40. The summed E-state index contributed by atoms with van der Waals surface area (Å²) in [6.45, 7) is 4.37. The number of hydrogen-bond acceptors (Lipinski definition) is 4. The van der Waals surface area contributed by atoms with Crippen molar-refractivity contribution in [1.82, 2.24) is 25.1 Å². The molecular formula is C18H20N6S. The quantitative estimate of drug-likeness (QED) is 0.553. The molecule has 0 saturated carbocycles. The van der Waals surface area contributed by atoms with Crippen LogP contribution in [0, 0.1) is 4.77 Å². The van der Waals surface area contributed by atoms with E-state index in [1.807, 2.05) is 0 Å². The van der Waals surface area contributed by atoms with Crippen LogP contribution in [-0.2, 0) is 12.8 Å². The number of aromatic amines is 2. The van der Waals surface area contributed by atoms with Gasteiger partial charge in [0.15, 0.2) is 0 Å². The number of aryl methyl sites for hydroxylation is 1. The summed E-state index contributed by atoms with van der Waals surface area (Å²) in [5, 5.41) is 19.2. The number of H-pyrrole nitrogens is 2. The minimum absolute atomic E-state index is 0.458. The smallest absolute Gasteiger partial charge is 0.216 e. The Morgan fingerprint density at radius 3 is 2.72 bits per heavy atom. The lowest BCUT2D eigenvalue weighted by atomic mass is 10.0. The zero-order chi connectivity index (χ0) is 17.4. The van der Waals surface area contributed by atoms with Gasteiger partial charge in [0.2, 0.25) is 10.6 Å². The third kappa shape index (κ3) is 2.95. The summed E-state index contributed by atoms with van der Waals surface area (Å²) in [7, 11) is 0. The molecule has 0 atom stereocenters. The molecule has 2 N–H and O–H groups in total. The molecule has 1 aliphatic rings. The van der Waals surface area contributed by atoms with E-state index in [9.17, 15) is 0 Å². The third-order valence-corrected chi connectivity index (χ3v) is 4.86. The molecule has 2 heterocycles. The first-order valence-corrected chi connectivity index (χ1v) is 8.92. The number of nitrogens with zero attached hydrogens (tertiary/aromatic N) is 4. The van der Waals surface area contributed by atoms with Gasteiger partial charge in [-0.05, 0) is 48.5 Å². The van der Waals surface area contributed by atoms with Gasteiger partial charge in [0.1, 0.15) is 5.69 Å². The number of rotatable bonds is 4. The molecule has 0 aliphatic heterocycles. The lowest BCUT2D eigenvalue weighted by Crippen LogP contribution is -1.97. The second-order valence-electron chi connectivity index (χ2n) is 6.61. The number of fused-ring (bicyclic) bond motifs is 1. The van der Waals surface area contributed by atoms with Gasteiger partial charge < -0.3 is 0 Å². The van der Waals surface area contributed by atoms with Gasteiger partial charge >= 0.3 is 0 Å². The SMILES string of the molecule is CC(C)c1ccc(/C=N/n2c(-c3n[nH]c4c3CCC4)n[nH]c2=S)cc1. The van der Waals surface area contributed by atoms with Crippen LogP contribution in [0.1, 0.15) is 48.6 Å². The van der Waals surface area contributed by atoms with E-state index in [1.54, 1.807) is 10.9 Å². The Bertz CT molecular complexity index is 974. The number of nitrogens with one attached hydrogen (secondary N) is 2. The molecule has 1 aromatic carbocycles. The van der Waals surface area contributed by atoms with Crippen LogP contribution in [0.4, 0.5) is 0 Å². The standard InChI is InChI=1S/C18H20N6S/c1-11(2)13-8-6-12(7-9-13)10-19-24-17(22-23-18(24)25)16-14-4-3-5-15(14)20-21-16/h6-11H,3-5H2,1-2H3,(H,20,21)(H,23,25)/b19-10+. The maximum Gasteiger partial charge on any atom is 0.216 e. The van der Waals surface area contributed by atoms with Crippen LogP contribution < -0.4 is 0 Å². The van der Waals surface area contributed by atoms with Crippen molar-refractivity contribution < 1.29 is 0 Å². The molecule has 128 valence electrons. The molecule has 25 heavy (non-hydrogen) atoms. The highest BCUT2D eigenvalue weighted by atomic mass is 32.1. The Balaban J connectivity index is 1.67. The van der Waals surface area contributed by atoms with Crippen LogP contribution >= 0.6 is 12.2 Å². The third-order valence-electron chi connectivity index (χ3n) is 4.59. The summed E-state index contributed by atoms with van der Waals surface area (Å²) in [5.41, 5.74) is 5.60. The Morgan fingerprint density at radius 1 is 1.16 bits per heavy atom. The summed E-state index contributed by atoms with van der Waals surface area (Å²) < 4.78 is 2.10. The second-order valence-corrected chi connectivity index (χ2v) is 7.00. The van der Waals surface area contributed by atoms with Crippen molar-refractivity contribution in [2.45, 2.75) is 39.0 Å². The molecule has 3 aromatic rings. The maximum atomic E-state index is 5.34. The van der Waals surface area contributed by atoms with Crippen molar-refractivity contribution >= 4 is 18.4 Å². The Labute approximate surface area is 151 Å². The van der Waals surface area contributed by atoms with Gasteiger partial charge in [0, 0.05) is 11.3 Å². The van der Waals surface area contributed by atoms with Crippen LogP contribution in [0.2, 0.25) is 0 Å². The Kier molecular flexibility index (Phi) is 4.09. The van der Waals surface area contributed by atoms with Gasteiger partial charge in [-0.15, -0.1) is 0 Å². The zero-order valence-corrected chi connectivity index (χ0v) is 15.1. The largest absolute Gasteiger partial charge is 0.282 e. The lowest BCUT2D eigenvalue weighted by molar-refractivity contribution is 0.843. The first kappa shape index (κ1) is 16.0. The molecular weight excluding hydrogens is 332 g/mol. The fourth-order valence-corrected chi connectivity index (χ4v) is 3.33. The molecule has 0 radical (unpaired) electrons. The highest BCUT2D eigenvalue weighted by Gasteiger charge is 2.23. The zero-order valence-electron chi connectivity index (χ0n) is 14.3. The number of hydrogen-bond donors (Lipinski definition) is 2.